The van der Waals surface area contributed by atoms with Gasteiger partial charge in [-0.15, -0.1) is 0 Å². The fourth-order valence-electron chi connectivity index (χ4n) is 1.04. The second kappa shape index (κ2) is 8.49. The van der Waals surface area contributed by atoms with Crippen LogP contribution in [0.3, 0.4) is 0 Å². The number of carbonyl (C=O) groups is 2. The predicted octanol–water partition coefficient (Wildman–Crippen LogP) is 2.31. The summed E-state index contributed by atoms with van der Waals surface area (Å²) in [5.74, 6) is -0.353. The monoisotopic (exact) mass is 313 g/mol. The molecule has 1 rings (SSSR count). The lowest BCUT2D eigenvalue weighted by Crippen LogP contribution is -2.19. The Bertz CT molecular complexity index is 494. The Labute approximate surface area is 125 Å². The van der Waals surface area contributed by atoms with E-state index in [0.29, 0.717) is 5.04 Å². The van der Waals surface area contributed by atoms with Crippen LogP contribution in [-0.2, 0) is 9.63 Å². The molecule has 1 aromatic carbocycles. The number of oxime groups is 1. The van der Waals surface area contributed by atoms with Gasteiger partial charge in [0.1, 0.15) is 5.04 Å². The van der Waals surface area contributed by atoms with E-state index >= 15 is 0 Å². The number of carbonyl (C=O) groups excluding carboxylic acids is 2. The van der Waals surface area contributed by atoms with E-state index in [0.717, 1.165) is 16.7 Å². The lowest BCUT2D eigenvalue weighted by atomic mass is 10.4. The normalized spacial score (nSPS) is 11.0. The van der Waals surface area contributed by atoms with Crippen molar-refractivity contribution >= 4 is 40.8 Å². The van der Waals surface area contributed by atoms with Gasteiger partial charge in [-0.1, -0.05) is 35.1 Å². The molecule has 0 radical (unpaired) electrons. The Hall–Kier alpha value is -1.67. The van der Waals surface area contributed by atoms with Crippen LogP contribution in [0, 0.1) is 0 Å². The lowest BCUT2D eigenvalue weighted by molar-refractivity contribution is -0.115. The quantitative estimate of drug-likeness (QED) is 0.296. The summed E-state index contributed by atoms with van der Waals surface area (Å²) in [7, 11) is 1.58. The van der Waals surface area contributed by atoms with Crippen LogP contribution in [0.2, 0.25) is 0 Å². The Kier molecular flexibility index (Phi) is 6.96. The summed E-state index contributed by atoms with van der Waals surface area (Å²) in [5, 5.41) is 4.08. The van der Waals surface area contributed by atoms with E-state index in [1.54, 1.807) is 14.0 Å². The van der Waals surface area contributed by atoms with Crippen molar-refractivity contribution in [1.82, 2.24) is 4.31 Å². The zero-order valence-electron chi connectivity index (χ0n) is 11.1. The first-order valence-electron chi connectivity index (χ1n) is 5.62. The largest absolute Gasteiger partial charge is 0.446 e. The van der Waals surface area contributed by atoms with Crippen molar-refractivity contribution in [3.8, 4) is 0 Å². The van der Waals surface area contributed by atoms with Gasteiger partial charge in [-0.25, -0.2) is 9.10 Å². The average Bonchev–Trinajstić information content (AvgIpc) is 2.43. The smallest absolute Gasteiger partial charge is 0.369 e. The number of rotatable bonds is 5. The number of hydrogen-bond donors (Lipinski definition) is 1. The molecule has 1 aromatic rings. The van der Waals surface area contributed by atoms with Gasteiger partial charge in [0.05, 0.1) is 5.75 Å². The first kappa shape index (κ1) is 16.4. The minimum Gasteiger partial charge on any atom is -0.369 e. The van der Waals surface area contributed by atoms with Crippen LogP contribution in [0.15, 0.2) is 40.4 Å². The van der Waals surface area contributed by atoms with E-state index in [2.05, 4.69) is 5.16 Å². The maximum absolute atomic E-state index is 11.7. The summed E-state index contributed by atoms with van der Waals surface area (Å²) >= 11 is 2.35. The molecule has 108 valence electrons. The second-order valence-corrected chi connectivity index (χ2v) is 5.99. The zero-order valence-corrected chi connectivity index (χ0v) is 12.7. The molecule has 20 heavy (non-hydrogen) atoms. The molecule has 0 aromatic heterocycles. The van der Waals surface area contributed by atoms with Crippen molar-refractivity contribution < 1.29 is 14.4 Å². The third kappa shape index (κ3) is 6.48. The van der Waals surface area contributed by atoms with Gasteiger partial charge in [0.15, 0.2) is 0 Å². The number of nitrogens with zero attached hydrogens (tertiary/aromatic N) is 2. The van der Waals surface area contributed by atoms with Crippen LogP contribution in [0.5, 0.6) is 0 Å². The highest BCUT2D eigenvalue weighted by Crippen LogP contribution is 2.21. The number of nitrogens with two attached hydrogens (primary N) is 1. The second-order valence-electron chi connectivity index (χ2n) is 3.62. The van der Waals surface area contributed by atoms with Gasteiger partial charge in [0.2, 0.25) is 5.91 Å². The summed E-state index contributed by atoms with van der Waals surface area (Å²) in [6.07, 6.45) is -0.599. The molecule has 6 nitrogen and oxygen atoms in total. The van der Waals surface area contributed by atoms with E-state index in [1.807, 2.05) is 30.3 Å². The zero-order chi connectivity index (χ0) is 15.0. The molecule has 0 aliphatic heterocycles. The maximum Gasteiger partial charge on any atom is 0.446 e. The minimum atomic E-state index is -0.599. The summed E-state index contributed by atoms with van der Waals surface area (Å²) < 4.78 is 1.32. The van der Waals surface area contributed by atoms with Gasteiger partial charge in [-0.05, 0) is 31.0 Å². The minimum absolute atomic E-state index is 0.0987. The molecule has 0 spiro atoms. The van der Waals surface area contributed by atoms with Gasteiger partial charge in [-0.3, -0.25) is 9.63 Å². The number of hydrogen-bond acceptors (Lipinski definition) is 6. The van der Waals surface area contributed by atoms with Gasteiger partial charge in [0.25, 0.3) is 0 Å². The Morgan fingerprint density at radius 2 is 2.00 bits per heavy atom. The Morgan fingerprint density at radius 3 is 2.60 bits per heavy atom. The van der Waals surface area contributed by atoms with Gasteiger partial charge >= 0.3 is 6.09 Å². The SMILES string of the molecule is CC(=NOC(=O)N(C)Sc1ccccc1)SCC(N)=O. The fourth-order valence-corrected chi connectivity index (χ4v) is 2.18. The lowest BCUT2D eigenvalue weighted by Gasteiger charge is -2.12. The van der Waals surface area contributed by atoms with Crippen molar-refractivity contribution in [3.05, 3.63) is 30.3 Å². The molecule has 0 atom stereocenters. The first-order valence-corrected chi connectivity index (χ1v) is 7.38. The first-order chi connectivity index (χ1) is 9.49. The molecule has 0 fully saturated rings. The van der Waals surface area contributed by atoms with E-state index in [-0.39, 0.29) is 5.75 Å². The van der Waals surface area contributed by atoms with Gasteiger partial charge in [-0.2, -0.15) is 0 Å². The van der Waals surface area contributed by atoms with Gasteiger partial charge < -0.3 is 5.73 Å². The molecule has 0 saturated carbocycles. The molecule has 0 heterocycles. The van der Waals surface area contributed by atoms with Crippen LogP contribution in [-0.4, -0.2) is 34.1 Å². The third-order valence-corrected chi connectivity index (χ3v) is 3.75. The molecule has 2 N–H and O–H groups in total. The van der Waals surface area contributed by atoms with Crippen molar-refractivity contribution in [3.63, 3.8) is 0 Å². The maximum atomic E-state index is 11.7. The fraction of sp³-hybridized carbons (Fsp3) is 0.250. The van der Waals surface area contributed by atoms with E-state index in [9.17, 15) is 9.59 Å². The van der Waals surface area contributed by atoms with Crippen LogP contribution < -0.4 is 5.73 Å². The molecule has 2 amide bonds. The Balaban J connectivity index is 2.42. The van der Waals surface area contributed by atoms with E-state index < -0.39 is 12.0 Å². The van der Waals surface area contributed by atoms with E-state index in [1.165, 1.54) is 16.3 Å². The summed E-state index contributed by atoms with van der Waals surface area (Å²) in [6.45, 7) is 1.63. The molecule has 0 bridgehead atoms. The summed E-state index contributed by atoms with van der Waals surface area (Å²) in [6, 6.07) is 9.41. The van der Waals surface area contributed by atoms with Crippen LogP contribution >= 0.6 is 23.7 Å². The topological polar surface area (TPSA) is 85.0 Å². The average molecular weight is 313 g/mol. The molecule has 0 aliphatic rings. The molecule has 0 saturated heterocycles. The summed E-state index contributed by atoms with van der Waals surface area (Å²) in [5.41, 5.74) is 5.00. The Morgan fingerprint density at radius 1 is 1.35 bits per heavy atom. The number of thioether (sulfide) groups is 1. The predicted molar refractivity (Wildman–Crippen MR) is 81.3 cm³/mol. The standard InChI is InChI=1S/C12H15N3O3S2/c1-9(19-8-11(13)16)14-18-12(17)15(2)20-10-6-4-3-5-7-10/h3-7H,8H2,1-2H3,(H2,13,16). The number of benzene rings is 1. The van der Waals surface area contributed by atoms with Crippen LogP contribution in [0.1, 0.15) is 6.92 Å². The van der Waals surface area contributed by atoms with Crippen molar-refractivity contribution in [2.24, 2.45) is 10.9 Å². The van der Waals surface area contributed by atoms with Crippen LogP contribution in [0.4, 0.5) is 4.79 Å². The van der Waals surface area contributed by atoms with Crippen molar-refractivity contribution in [2.45, 2.75) is 11.8 Å². The van der Waals surface area contributed by atoms with Crippen molar-refractivity contribution in [1.29, 1.82) is 0 Å². The molecule has 0 unspecified atom stereocenters. The van der Waals surface area contributed by atoms with E-state index in [4.69, 9.17) is 10.6 Å². The molecule has 0 aliphatic carbocycles. The highest BCUT2D eigenvalue weighted by atomic mass is 32.2. The third-order valence-electron chi connectivity index (χ3n) is 1.92. The summed E-state index contributed by atoms with van der Waals surface area (Å²) in [4.78, 5) is 27.9. The molecular weight excluding hydrogens is 298 g/mol. The molecular formula is C12H15N3O3S2. The highest BCUT2D eigenvalue weighted by Gasteiger charge is 2.12. The van der Waals surface area contributed by atoms with Crippen molar-refractivity contribution in [2.75, 3.05) is 12.8 Å². The highest BCUT2D eigenvalue weighted by molar-refractivity contribution is 8.14. The van der Waals surface area contributed by atoms with Gasteiger partial charge in [0, 0.05) is 11.9 Å². The number of amides is 2. The number of primary amides is 1. The molecule has 8 heteroatoms. The van der Waals surface area contributed by atoms with Crippen LogP contribution in [0.25, 0.3) is 0 Å².